The average molecular weight is 242 g/mol. The van der Waals surface area contributed by atoms with Gasteiger partial charge in [-0.05, 0) is 33.4 Å². The molecule has 0 aromatic heterocycles. The van der Waals surface area contributed by atoms with Crippen LogP contribution in [0.15, 0.2) is 0 Å². The van der Waals surface area contributed by atoms with Crippen molar-refractivity contribution in [2.24, 2.45) is 0 Å². The zero-order chi connectivity index (χ0) is 12.7. The summed E-state index contributed by atoms with van der Waals surface area (Å²) in [6.07, 6.45) is 5.84. The number of nitrogens with zero attached hydrogens (tertiary/aromatic N) is 1. The molecule has 4 nitrogen and oxygen atoms in total. The van der Waals surface area contributed by atoms with E-state index in [2.05, 4.69) is 24.3 Å². The summed E-state index contributed by atoms with van der Waals surface area (Å²) in [5.41, 5.74) is 0.167. The second-order valence-electron chi connectivity index (χ2n) is 5.16. The first kappa shape index (κ1) is 14.5. The van der Waals surface area contributed by atoms with E-state index in [0.717, 1.165) is 13.0 Å². The Morgan fingerprint density at radius 3 is 2.53 bits per heavy atom. The lowest BCUT2D eigenvalue weighted by molar-refractivity contribution is -0.126. The maximum absolute atomic E-state index is 11.6. The SMILES string of the molecule is CCCOCC(=O)NCC1(N(C)C)CCCC1. The summed E-state index contributed by atoms with van der Waals surface area (Å²) < 4.78 is 5.23. The van der Waals surface area contributed by atoms with E-state index in [9.17, 15) is 4.79 Å². The Morgan fingerprint density at radius 2 is 2.00 bits per heavy atom. The van der Waals surface area contributed by atoms with E-state index < -0.39 is 0 Å². The molecule has 1 aliphatic carbocycles. The van der Waals surface area contributed by atoms with Crippen LogP contribution in [-0.4, -0.2) is 50.2 Å². The Morgan fingerprint density at radius 1 is 1.35 bits per heavy atom. The van der Waals surface area contributed by atoms with Crippen LogP contribution in [0.25, 0.3) is 0 Å². The van der Waals surface area contributed by atoms with Crippen LogP contribution in [0, 0.1) is 0 Å². The number of likely N-dealkylation sites (N-methyl/N-ethyl adjacent to an activating group) is 1. The molecule has 1 rings (SSSR count). The molecular formula is C13H26N2O2. The second kappa shape index (κ2) is 6.97. The lowest BCUT2D eigenvalue weighted by Crippen LogP contribution is -2.51. The fourth-order valence-electron chi connectivity index (χ4n) is 2.44. The first-order chi connectivity index (χ1) is 8.10. The van der Waals surface area contributed by atoms with Crippen molar-refractivity contribution in [1.82, 2.24) is 10.2 Å². The molecule has 1 amide bonds. The van der Waals surface area contributed by atoms with E-state index in [1.807, 2.05) is 6.92 Å². The summed E-state index contributed by atoms with van der Waals surface area (Å²) in [4.78, 5) is 13.8. The number of hydrogen-bond donors (Lipinski definition) is 1. The van der Waals surface area contributed by atoms with Crippen molar-refractivity contribution in [1.29, 1.82) is 0 Å². The van der Waals surface area contributed by atoms with Crippen molar-refractivity contribution in [3.63, 3.8) is 0 Å². The van der Waals surface area contributed by atoms with Gasteiger partial charge in [0, 0.05) is 18.7 Å². The largest absolute Gasteiger partial charge is 0.372 e. The van der Waals surface area contributed by atoms with Gasteiger partial charge in [-0.15, -0.1) is 0 Å². The zero-order valence-electron chi connectivity index (χ0n) is 11.4. The molecule has 17 heavy (non-hydrogen) atoms. The predicted molar refractivity (Wildman–Crippen MR) is 69.0 cm³/mol. The highest BCUT2D eigenvalue weighted by Crippen LogP contribution is 2.32. The molecule has 0 heterocycles. The summed E-state index contributed by atoms with van der Waals surface area (Å²) in [5.74, 6) is 0.00609. The quantitative estimate of drug-likeness (QED) is 0.686. The molecule has 0 aliphatic heterocycles. The van der Waals surface area contributed by atoms with E-state index in [0.29, 0.717) is 6.61 Å². The van der Waals surface area contributed by atoms with Crippen LogP contribution in [0.5, 0.6) is 0 Å². The molecule has 0 bridgehead atoms. The van der Waals surface area contributed by atoms with E-state index in [1.54, 1.807) is 0 Å². The topological polar surface area (TPSA) is 41.6 Å². The molecule has 4 heteroatoms. The molecule has 0 spiro atoms. The number of ether oxygens (including phenoxy) is 1. The molecular weight excluding hydrogens is 216 g/mol. The summed E-state index contributed by atoms with van der Waals surface area (Å²) in [6, 6.07) is 0. The normalized spacial score (nSPS) is 18.6. The summed E-state index contributed by atoms with van der Waals surface area (Å²) in [6.45, 7) is 3.63. The Balaban J connectivity index is 2.30. The fourth-order valence-corrected chi connectivity index (χ4v) is 2.44. The first-order valence-electron chi connectivity index (χ1n) is 6.62. The summed E-state index contributed by atoms with van der Waals surface area (Å²) in [5, 5.41) is 3.00. The highest BCUT2D eigenvalue weighted by Gasteiger charge is 2.35. The number of amides is 1. The monoisotopic (exact) mass is 242 g/mol. The van der Waals surface area contributed by atoms with Gasteiger partial charge in [-0.25, -0.2) is 0 Å². The predicted octanol–water partition coefficient (Wildman–Crippen LogP) is 1.40. The summed E-state index contributed by atoms with van der Waals surface area (Å²) in [7, 11) is 4.20. The van der Waals surface area contributed by atoms with Gasteiger partial charge in [0.15, 0.2) is 0 Å². The van der Waals surface area contributed by atoms with Crippen molar-refractivity contribution in [3.05, 3.63) is 0 Å². The highest BCUT2D eigenvalue weighted by molar-refractivity contribution is 5.77. The molecule has 100 valence electrons. The van der Waals surface area contributed by atoms with Gasteiger partial charge in [-0.3, -0.25) is 4.79 Å². The van der Waals surface area contributed by atoms with Gasteiger partial charge in [0.25, 0.3) is 0 Å². The van der Waals surface area contributed by atoms with Crippen LogP contribution in [0.4, 0.5) is 0 Å². The van der Waals surface area contributed by atoms with Gasteiger partial charge >= 0.3 is 0 Å². The third-order valence-electron chi connectivity index (χ3n) is 3.68. The van der Waals surface area contributed by atoms with Crippen LogP contribution < -0.4 is 5.32 Å². The van der Waals surface area contributed by atoms with E-state index in [-0.39, 0.29) is 18.1 Å². The van der Waals surface area contributed by atoms with Crippen LogP contribution in [-0.2, 0) is 9.53 Å². The standard InChI is InChI=1S/C13H26N2O2/c1-4-9-17-10-12(16)14-11-13(15(2)3)7-5-6-8-13/h4-11H2,1-3H3,(H,14,16). The van der Waals surface area contributed by atoms with Gasteiger partial charge in [0.05, 0.1) is 0 Å². The smallest absolute Gasteiger partial charge is 0.246 e. The van der Waals surface area contributed by atoms with E-state index in [1.165, 1.54) is 25.7 Å². The van der Waals surface area contributed by atoms with Crippen LogP contribution in [0.2, 0.25) is 0 Å². The maximum atomic E-state index is 11.6. The van der Waals surface area contributed by atoms with Crippen molar-refractivity contribution in [2.75, 3.05) is 33.9 Å². The molecule has 1 fully saturated rings. The van der Waals surface area contributed by atoms with E-state index in [4.69, 9.17) is 4.74 Å². The van der Waals surface area contributed by atoms with Crippen molar-refractivity contribution in [3.8, 4) is 0 Å². The minimum atomic E-state index is 0.00609. The Bertz CT molecular complexity index is 236. The molecule has 1 N–H and O–H groups in total. The highest BCUT2D eigenvalue weighted by atomic mass is 16.5. The zero-order valence-corrected chi connectivity index (χ0v) is 11.4. The molecule has 0 aromatic carbocycles. The van der Waals surface area contributed by atoms with Crippen molar-refractivity contribution < 1.29 is 9.53 Å². The van der Waals surface area contributed by atoms with Gasteiger partial charge < -0.3 is 15.0 Å². The second-order valence-corrected chi connectivity index (χ2v) is 5.16. The number of carbonyl (C=O) groups excluding carboxylic acids is 1. The third kappa shape index (κ3) is 4.28. The summed E-state index contributed by atoms with van der Waals surface area (Å²) >= 11 is 0. The number of carbonyl (C=O) groups is 1. The molecule has 1 saturated carbocycles. The van der Waals surface area contributed by atoms with Crippen LogP contribution in [0.1, 0.15) is 39.0 Å². The lowest BCUT2D eigenvalue weighted by atomic mass is 9.96. The molecule has 0 aromatic rings. The Kier molecular flexibility index (Phi) is 5.92. The lowest BCUT2D eigenvalue weighted by Gasteiger charge is -2.36. The van der Waals surface area contributed by atoms with E-state index >= 15 is 0 Å². The molecule has 0 unspecified atom stereocenters. The minimum absolute atomic E-state index is 0.00609. The van der Waals surface area contributed by atoms with Gasteiger partial charge in [0.2, 0.25) is 5.91 Å². The van der Waals surface area contributed by atoms with Gasteiger partial charge in [0.1, 0.15) is 6.61 Å². The molecule has 0 radical (unpaired) electrons. The number of rotatable bonds is 7. The maximum Gasteiger partial charge on any atom is 0.246 e. The average Bonchev–Trinajstić information content (AvgIpc) is 2.77. The molecule has 0 atom stereocenters. The number of hydrogen-bond acceptors (Lipinski definition) is 3. The molecule has 1 aliphatic rings. The van der Waals surface area contributed by atoms with Gasteiger partial charge in [-0.2, -0.15) is 0 Å². The fraction of sp³-hybridized carbons (Fsp3) is 0.923. The minimum Gasteiger partial charge on any atom is -0.372 e. The first-order valence-corrected chi connectivity index (χ1v) is 6.62. The Hall–Kier alpha value is -0.610. The van der Waals surface area contributed by atoms with Crippen molar-refractivity contribution >= 4 is 5.91 Å². The van der Waals surface area contributed by atoms with Crippen molar-refractivity contribution in [2.45, 2.75) is 44.6 Å². The van der Waals surface area contributed by atoms with Crippen LogP contribution >= 0.6 is 0 Å². The van der Waals surface area contributed by atoms with Crippen LogP contribution in [0.3, 0.4) is 0 Å². The van der Waals surface area contributed by atoms with Gasteiger partial charge in [-0.1, -0.05) is 19.8 Å². The molecule has 0 saturated heterocycles. The third-order valence-corrected chi connectivity index (χ3v) is 3.68. The Labute approximate surface area is 105 Å². The number of nitrogens with one attached hydrogen (secondary N) is 1.